The number of hydrogen-bond acceptors (Lipinski definition) is 5. The number of benzene rings is 2. The van der Waals surface area contributed by atoms with Gasteiger partial charge in [0.1, 0.15) is 23.9 Å². The number of halogens is 1. The molecule has 1 amide bonds. The highest BCUT2D eigenvalue weighted by Crippen LogP contribution is 2.18. The van der Waals surface area contributed by atoms with Gasteiger partial charge in [-0.3, -0.25) is 4.79 Å². The summed E-state index contributed by atoms with van der Waals surface area (Å²) in [5, 5.41) is 2.62. The van der Waals surface area contributed by atoms with E-state index >= 15 is 0 Å². The monoisotopic (exact) mass is 396 g/mol. The van der Waals surface area contributed by atoms with E-state index in [0.29, 0.717) is 11.5 Å². The fourth-order valence-electron chi connectivity index (χ4n) is 2.01. The average molecular weight is 396 g/mol. The second-order valence-electron chi connectivity index (χ2n) is 5.70. The lowest BCUT2D eigenvalue weighted by molar-refractivity contribution is -0.123. The van der Waals surface area contributed by atoms with Crippen molar-refractivity contribution in [3.63, 3.8) is 0 Å². The van der Waals surface area contributed by atoms with E-state index in [9.17, 15) is 17.6 Å². The van der Waals surface area contributed by atoms with E-state index in [-0.39, 0.29) is 36.4 Å². The number of nitrogens with one attached hydrogen (secondary N) is 1. The number of rotatable bonds is 9. The molecule has 0 spiro atoms. The molecule has 0 aliphatic heterocycles. The molecule has 9 heteroatoms. The molecular formula is C18H21FN2O5S. The van der Waals surface area contributed by atoms with Gasteiger partial charge in [0.25, 0.3) is 5.91 Å². The molecule has 146 valence electrons. The van der Waals surface area contributed by atoms with Crippen molar-refractivity contribution in [2.24, 2.45) is 0 Å². The van der Waals surface area contributed by atoms with E-state index < -0.39 is 10.0 Å². The van der Waals surface area contributed by atoms with Gasteiger partial charge in [-0.15, -0.1) is 0 Å². The molecule has 0 saturated heterocycles. The maximum Gasteiger partial charge on any atom is 0.258 e. The summed E-state index contributed by atoms with van der Waals surface area (Å²) in [5.41, 5.74) is 0. The zero-order chi connectivity index (χ0) is 19.9. The Bertz CT molecular complexity index is 852. The Balaban J connectivity index is 1.70. The van der Waals surface area contributed by atoms with Crippen LogP contribution in [0, 0.1) is 5.82 Å². The molecule has 0 bridgehead atoms. The third-order valence-electron chi connectivity index (χ3n) is 3.48. The number of nitrogens with zero attached hydrogens (tertiary/aromatic N) is 1. The van der Waals surface area contributed by atoms with E-state index in [0.717, 1.165) is 4.31 Å². The average Bonchev–Trinajstić information content (AvgIpc) is 2.65. The lowest BCUT2D eigenvalue weighted by atomic mass is 10.3. The maximum atomic E-state index is 12.8. The van der Waals surface area contributed by atoms with Gasteiger partial charge in [-0.2, -0.15) is 0 Å². The molecule has 0 aromatic heterocycles. The molecule has 0 heterocycles. The quantitative estimate of drug-likeness (QED) is 0.652. The predicted molar refractivity (Wildman–Crippen MR) is 97.7 cm³/mol. The number of carbonyl (C=O) groups is 1. The molecule has 0 atom stereocenters. The Morgan fingerprint density at radius 3 is 2.15 bits per heavy atom. The van der Waals surface area contributed by atoms with Gasteiger partial charge in [-0.1, -0.05) is 0 Å². The first-order valence-electron chi connectivity index (χ1n) is 8.09. The molecule has 0 aliphatic carbocycles. The maximum absolute atomic E-state index is 12.8. The summed E-state index contributed by atoms with van der Waals surface area (Å²) in [6.07, 6.45) is 0. The summed E-state index contributed by atoms with van der Waals surface area (Å²) in [5.74, 6) is 0.173. The first-order chi connectivity index (χ1) is 12.8. The van der Waals surface area contributed by atoms with Crippen LogP contribution in [0.5, 0.6) is 11.5 Å². The number of hydrogen-bond donors (Lipinski definition) is 1. The SMILES string of the molecule is CN(C)S(=O)(=O)c1ccc(OCCNC(=O)COc2ccc(F)cc2)cc1. The fourth-order valence-corrected chi connectivity index (χ4v) is 2.91. The third kappa shape index (κ3) is 6.22. The van der Waals surface area contributed by atoms with Crippen LogP contribution in [-0.2, 0) is 14.8 Å². The lowest BCUT2D eigenvalue weighted by Crippen LogP contribution is -2.32. The number of sulfonamides is 1. The second kappa shape index (κ2) is 9.33. The number of carbonyl (C=O) groups excluding carboxylic acids is 1. The highest BCUT2D eigenvalue weighted by Gasteiger charge is 2.16. The van der Waals surface area contributed by atoms with Crippen molar-refractivity contribution in [3.8, 4) is 11.5 Å². The first kappa shape index (κ1) is 20.7. The van der Waals surface area contributed by atoms with Crippen LogP contribution in [0.25, 0.3) is 0 Å². The smallest absolute Gasteiger partial charge is 0.258 e. The summed E-state index contributed by atoms with van der Waals surface area (Å²) in [7, 11) is -0.555. The van der Waals surface area contributed by atoms with Crippen LogP contribution in [-0.4, -0.2) is 52.5 Å². The van der Waals surface area contributed by atoms with Gasteiger partial charge in [-0.25, -0.2) is 17.1 Å². The van der Waals surface area contributed by atoms with Crippen LogP contribution < -0.4 is 14.8 Å². The van der Waals surface area contributed by atoms with Gasteiger partial charge in [0.2, 0.25) is 10.0 Å². The van der Waals surface area contributed by atoms with Gasteiger partial charge in [0.15, 0.2) is 6.61 Å². The minimum absolute atomic E-state index is 0.172. The van der Waals surface area contributed by atoms with Gasteiger partial charge in [0.05, 0.1) is 11.4 Å². The zero-order valence-corrected chi connectivity index (χ0v) is 15.8. The van der Waals surface area contributed by atoms with Crippen LogP contribution >= 0.6 is 0 Å². The second-order valence-corrected chi connectivity index (χ2v) is 7.85. The van der Waals surface area contributed by atoms with Gasteiger partial charge in [0, 0.05) is 14.1 Å². The molecule has 0 unspecified atom stereocenters. The Labute approximate surface area is 157 Å². The highest BCUT2D eigenvalue weighted by atomic mass is 32.2. The molecule has 27 heavy (non-hydrogen) atoms. The normalized spacial score (nSPS) is 11.3. The van der Waals surface area contributed by atoms with Crippen molar-refractivity contribution in [2.75, 3.05) is 33.9 Å². The molecular weight excluding hydrogens is 375 g/mol. The number of amides is 1. The predicted octanol–water partition coefficient (Wildman–Crippen LogP) is 1.65. The van der Waals surface area contributed by atoms with Gasteiger partial charge >= 0.3 is 0 Å². The van der Waals surface area contributed by atoms with Crippen LogP contribution in [0.4, 0.5) is 4.39 Å². The van der Waals surface area contributed by atoms with E-state index in [1.165, 1.54) is 50.5 Å². The fraction of sp³-hybridized carbons (Fsp3) is 0.278. The van der Waals surface area contributed by atoms with Crippen molar-refractivity contribution in [3.05, 3.63) is 54.3 Å². The van der Waals surface area contributed by atoms with E-state index in [4.69, 9.17) is 9.47 Å². The summed E-state index contributed by atoms with van der Waals surface area (Å²) in [6, 6.07) is 11.4. The van der Waals surface area contributed by atoms with Crippen LogP contribution in [0.15, 0.2) is 53.4 Å². The Hall–Kier alpha value is -2.65. The summed E-state index contributed by atoms with van der Waals surface area (Å²) in [6.45, 7) is 0.272. The van der Waals surface area contributed by atoms with E-state index in [1.807, 2.05) is 0 Å². The van der Waals surface area contributed by atoms with Crippen LogP contribution in [0.3, 0.4) is 0 Å². The summed E-state index contributed by atoms with van der Waals surface area (Å²) in [4.78, 5) is 11.8. The summed E-state index contributed by atoms with van der Waals surface area (Å²) < 4.78 is 48.5. The Morgan fingerprint density at radius 2 is 1.56 bits per heavy atom. The van der Waals surface area contributed by atoms with E-state index in [2.05, 4.69) is 5.32 Å². The first-order valence-corrected chi connectivity index (χ1v) is 9.53. The standard InChI is InChI=1S/C18H21FN2O5S/c1-21(2)27(23,24)17-9-7-15(8-10-17)25-12-11-20-18(22)13-26-16-5-3-14(19)4-6-16/h3-10H,11-13H2,1-2H3,(H,20,22). The number of ether oxygens (including phenoxy) is 2. The topological polar surface area (TPSA) is 84.9 Å². The molecule has 2 aromatic carbocycles. The molecule has 2 aromatic rings. The molecule has 0 radical (unpaired) electrons. The lowest BCUT2D eigenvalue weighted by Gasteiger charge is -2.12. The van der Waals surface area contributed by atoms with Crippen molar-refractivity contribution in [2.45, 2.75) is 4.90 Å². The molecule has 2 rings (SSSR count). The van der Waals surface area contributed by atoms with Gasteiger partial charge in [-0.05, 0) is 48.5 Å². The molecule has 0 saturated carbocycles. The minimum atomic E-state index is -3.48. The van der Waals surface area contributed by atoms with Crippen molar-refractivity contribution in [1.82, 2.24) is 9.62 Å². The van der Waals surface area contributed by atoms with E-state index in [1.54, 1.807) is 12.1 Å². The minimum Gasteiger partial charge on any atom is -0.492 e. The van der Waals surface area contributed by atoms with Crippen molar-refractivity contribution < 1.29 is 27.1 Å². The van der Waals surface area contributed by atoms with Crippen molar-refractivity contribution >= 4 is 15.9 Å². The Morgan fingerprint density at radius 1 is 1.00 bits per heavy atom. The molecule has 7 nitrogen and oxygen atoms in total. The summed E-state index contributed by atoms with van der Waals surface area (Å²) >= 11 is 0. The highest BCUT2D eigenvalue weighted by molar-refractivity contribution is 7.89. The molecule has 0 fully saturated rings. The van der Waals surface area contributed by atoms with Crippen LogP contribution in [0.2, 0.25) is 0 Å². The third-order valence-corrected chi connectivity index (χ3v) is 5.31. The van der Waals surface area contributed by atoms with Gasteiger partial charge < -0.3 is 14.8 Å². The molecule has 0 aliphatic rings. The Kier molecular flexibility index (Phi) is 7.14. The zero-order valence-electron chi connectivity index (χ0n) is 15.0. The van der Waals surface area contributed by atoms with Crippen molar-refractivity contribution in [1.29, 1.82) is 0 Å². The largest absolute Gasteiger partial charge is 0.492 e. The molecule has 1 N–H and O–H groups in total. The van der Waals surface area contributed by atoms with Crippen LogP contribution in [0.1, 0.15) is 0 Å².